The van der Waals surface area contributed by atoms with Gasteiger partial charge in [-0.05, 0) is 24.8 Å². The van der Waals surface area contributed by atoms with Gasteiger partial charge in [0.15, 0.2) is 0 Å². The summed E-state index contributed by atoms with van der Waals surface area (Å²) >= 11 is 0. The van der Waals surface area contributed by atoms with E-state index in [0.717, 1.165) is 18.7 Å². The first-order chi connectivity index (χ1) is 4.90. The first-order valence-corrected chi connectivity index (χ1v) is 3.43. The molecule has 0 saturated carbocycles. The Labute approximate surface area is 59.9 Å². The number of aryl methyl sites for hydroxylation is 2. The molecule has 0 aromatic carbocycles. The zero-order valence-electron chi connectivity index (χ0n) is 5.67. The van der Waals surface area contributed by atoms with Crippen molar-refractivity contribution in [3.8, 4) is 12.3 Å². The number of rotatable bonds is 0. The van der Waals surface area contributed by atoms with Crippen molar-refractivity contribution < 1.29 is 0 Å². The summed E-state index contributed by atoms with van der Waals surface area (Å²) in [6.07, 6.45) is 7.53. The van der Waals surface area contributed by atoms with E-state index < -0.39 is 0 Å². The minimum atomic E-state index is 0.773. The molecule has 1 aromatic heterocycles. The number of terminal acetylenes is 1. The normalized spacial score (nSPS) is 14.7. The lowest BCUT2D eigenvalue weighted by Crippen LogP contribution is -1.93. The lowest BCUT2D eigenvalue weighted by atomic mass is 10.3. The summed E-state index contributed by atoms with van der Waals surface area (Å²) in [7, 11) is 0. The zero-order chi connectivity index (χ0) is 6.97. The van der Waals surface area contributed by atoms with Gasteiger partial charge in [0.05, 0.1) is 0 Å². The van der Waals surface area contributed by atoms with E-state index >= 15 is 0 Å². The molecule has 0 saturated heterocycles. The standard InChI is InChI=1S/C8H8N2/c1-2-7-6-8-4-3-5-10(8)9-7/h1,6H,3-5H2. The van der Waals surface area contributed by atoms with Gasteiger partial charge in [0.2, 0.25) is 0 Å². The molecule has 2 heteroatoms. The van der Waals surface area contributed by atoms with Crippen molar-refractivity contribution in [3.05, 3.63) is 17.5 Å². The maximum atomic E-state index is 5.19. The first-order valence-electron chi connectivity index (χ1n) is 3.43. The fourth-order valence-electron chi connectivity index (χ4n) is 1.33. The largest absolute Gasteiger partial charge is 0.268 e. The van der Waals surface area contributed by atoms with E-state index in [-0.39, 0.29) is 0 Å². The zero-order valence-corrected chi connectivity index (χ0v) is 5.67. The van der Waals surface area contributed by atoms with Crippen molar-refractivity contribution in [1.82, 2.24) is 9.78 Å². The molecule has 0 amide bonds. The molecule has 0 unspecified atom stereocenters. The van der Waals surface area contributed by atoms with Gasteiger partial charge in [-0.3, -0.25) is 4.68 Å². The fourth-order valence-corrected chi connectivity index (χ4v) is 1.33. The molecule has 1 aliphatic rings. The smallest absolute Gasteiger partial charge is 0.135 e. The summed E-state index contributed by atoms with van der Waals surface area (Å²) in [6, 6.07) is 1.99. The van der Waals surface area contributed by atoms with E-state index in [0.29, 0.717) is 0 Å². The van der Waals surface area contributed by atoms with E-state index in [2.05, 4.69) is 11.0 Å². The van der Waals surface area contributed by atoms with E-state index in [1.165, 1.54) is 12.1 Å². The number of hydrogen-bond donors (Lipinski definition) is 0. The highest BCUT2D eigenvalue weighted by Crippen LogP contribution is 2.13. The average Bonchev–Trinajstić information content (AvgIpc) is 2.42. The molecule has 2 nitrogen and oxygen atoms in total. The third-order valence-corrected chi connectivity index (χ3v) is 1.81. The highest BCUT2D eigenvalue weighted by Gasteiger charge is 2.11. The molecule has 2 rings (SSSR count). The third kappa shape index (κ3) is 0.640. The Morgan fingerprint density at radius 3 is 3.30 bits per heavy atom. The lowest BCUT2D eigenvalue weighted by Gasteiger charge is -1.88. The van der Waals surface area contributed by atoms with E-state index in [1.54, 1.807) is 0 Å². The van der Waals surface area contributed by atoms with E-state index in [4.69, 9.17) is 6.42 Å². The van der Waals surface area contributed by atoms with Crippen LogP contribution in [-0.2, 0) is 13.0 Å². The van der Waals surface area contributed by atoms with Crippen molar-refractivity contribution >= 4 is 0 Å². The number of fused-ring (bicyclic) bond motifs is 1. The predicted molar refractivity (Wildman–Crippen MR) is 38.5 cm³/mol. The van der Waals surface area contributed by atoms with Crippen molar-refractivity contribution in [2.45, 2.75) is 19.4 Å². The Bertz CT molecular complexity index is 269. The van der Waals surface area contributed by atoms with Crippen molar-refractivity contribution in [3.63, 3.8) is 0 Å². The molecule has 1 aromatic rings. The van der Waals surface area contributed by atoms with Crippen LogP contribution in [0.1, 0.15) is 17.8 Å². The fraction of sp³-hybridized carbons (Fsp3) is 0.375. The van der Waals surface area contributed by atoms with Gasteiger partial charge in [-0.15, -0.1) is 6.42 Å². The Morgan fingerprint density at radius 1 is 1.70 bits per heavy atom. The maximum Gasteiger partial charge on any atom is 0.135 e. The maximum absolute atomic E-state index is 5.19. The minimum absolute atomic E-state index is 0.773. The van der Waals surface area contributed by atoms with Gasteiger partial charge in [0, 0.05) is 12.2 Å². The second-order valence-corrected chi connectivity index (χ2v) is 2.49. The first kappa shape index (κ1) is 5.55. The van der Waals surface area contributed by atoms with Crippen LogP contribution in [0.3, 0.4) is 0 Å². The molecule has 0 bridgehead atoms. The molecule has 0 fully saturated rings. The van der Waals surface area contributed by atoms with Crippen LogP contribution in [0.25, 0.3) is 0 Å². The summed E-state index contributed by atoms with van der Waals surface area (Å²) in [5.41, 5.74) is 2.06. The average molecular weight is 132 g/mol. The van der Waals surface area contributed by atoms with Gasteiger partial charge in [-0.25, -0.2) is 0 Å². The summed E-state index contributed by atoms with van der Waals surface area (Å²) < 4.78 is 2.00. The van der Waals surface area contributed by atoms with Crippen LogP contribution >= 0.6 is 0 Å². The minimum Gasteiger partial charge on any atom is -0.268 e. The third-order valence-electron chi connectivity index (χ3n) is 1.81. The van der Waals surface area contributed by atoms with Crippen LogP contribution in [0.2, 0.25) is 0 Å². The molecule has 0 aliphatic carbocycles. The number of aromatic nitrogens is 2. The topological polar surface area (TPSA) is 17.8 Å². The highest BCUT2D eigenvalue weighted by molar-refractivity contribution is 5.26. The van der Waals surface area contributed by atoms with Crippen LogP contribution in [-0.4, -0.2) is 9.78 Å². The SMILES string of the molecule is C#Cc1cc2n(n1)CCC2. The van der Waals surface area contributed by atoms with Gasteiger partial charge in [-0.2, -0.15) is 5.10 Å². The molecule has 0 N–H and O–H groups in total. The van der Waals surface area contributed by atoms with Gasteiger partial charge >= 0.3 is 0 Å². The Hall–Kier alpha value is -1.23. The second-order valence-electron chi connectivity index (χ2n) is 2.49. The monoisotopic (exact) mass is 132 g/mol. The molecule has 0 atom stereocenters. The highest BCUT2D eigenvalue weighted by atomic mass is 15.3. The van der Waals surface area contributed by atoms with Crippen molar-refractivity contribution in [1.29, 1.82) is 0 Å². The van der Waals surface area contributed by atoms with Gasteiger partial charge < -0.3 is 0 Å². The predicted octanol–water partition coefficient (Wildman–Crippen LogP) is 0.811. The quantitative estimate of drug-likeness (QED) is 0.478. The number of nitrogens with zero attached hydrogens (tertiary/aromatic N) is 2. The molecular weight excluding hydrogens is 124 g/mol. The van der Waals surface area contributed by atoms with Crippen LogP contribution in [0.4, 0.5) is 0 Å². The van der Waals surface area contributed by atoms with Crippen molar-refractivity contribution in [2.75, 3.05) is 0 Å². The Kier molecular flexibility index (Phi) is 1.04. The molecule has 50 valence electrons. The Morgan fingerprint density at radius 2 is 2.60 bits per heavy atom. The van der Waals surface area contributed by atoms with E-state index in [9.17, 15) is 0 Å². The summed E-state index contributed by atoms with van der Waals surface area (Å²) in [6.45, 7) is 1.04. The van der Waals surface area contributed by atoms with Crippen molar-refractivity contribution in [2.24, 2.45) is 0 Å². The summed E-state index contributed by atoms with van der Waals surface area (Å²) in [5.74, 6) is 2.52. The Balaban J connectivity index is 2.49. The van der Waals surface area contributed by atoms with Gasteiger partial charge in [0.1, 0.15) is 5.69 Å². The molecule has 1 aliphatic heterocycles. The lowest BCUT2D eigenvalue weighted by molar-refractivity contribution is 0.654. The summed E-state index contributed by atoms with van der Waals surface area (Å²) in [5, 5.41) is 4.19. The van der Waals surface area contributed by atoms with Gasteiger partial charge in [0.25, 0.3) is 0 Å². The van der Waals surface area contributed by atoms with E-state index in [1.807, 2.05) is 10.7 Å². The molecule has 10 heavy (non-hydrogen) atoms. The molecular formula is C8H8N2. The molecule has 2 heterocycles. The number of hydrogen-bond acceptors (Lipinski definition) is 1. The second kappa shape index (κ2) is 1.88. The summed E-state index contributed by atoms with van der Waals surface area (Å²) in [4.78, 5) is 0. The van der Waals surface area contributed by atoms with Crippen LogP contribution in [0.5, 0.6) is 0 Å². The van der Waals surface area contributed by atoms with Crippen LogP contribution in [0.15, 0.2) is 6.07 Å². The molecule has 0 radical (unpaired) electrons. The van der Waals surface area contributed by atoms with Crippen LogP contribution < -0.4 is 0 Å². The van der Waals surface area contributed by atoms with Gasteiger partial charge in [-0.1, -0.05) is 0 Å². The molecule has 0 spiro atoms. The van der Waals surface area contributed by atoms with Crippen LogP contribution in [0, 0.1) is 12.3 Å².